The molecule has 106 valence electrons. The number of nitrogens with one attached hydrogen (secondary N) is 1. The van der Waals surface area contributed by atoms with E-state index in [1.807, 2.05) is 30.3 Å². The van der Waals surface area contributed by atoms with E-state index in [4.69, 9.17) is 15.3 Å². The number of hydrogen-bond acceptors (Lipinski definition) is 5. The van der Waals surface area contributed by atoms with Crippen LogP contribution in [-0.2, 0) is 6.42 Å². The number of fused-ring (bicyclic) bond motifs is 1. The Morgan fingerprint density at radius 1 is 1.35 bits per heavy atom. The minimum absolute atomic E-state index is 0.00157. The Kier molecular flexibility index (Phi) is 4.26. The highest BCUT2D eigenvalue weighted by Gasteiger charge is 2.29. The molecule has 3 N–H and O–H groups in total. The molecular weight excluding hydrogens is 340 g/mol. The van der Waals surface area contributed by atoms with Crippen LogP contribution in [0.3, 0.4) is 0 Å². The Hall–Kier alpha value is -1.08. The van der Waals surface area contributed by atoms with Gasteiger partial charge in [-0.1, -0.05) is 12.1 Å². The van der Waals surface area contributed by atoms with Gasteiger partial charge in [0.05, 0.1) is 6.04 Å². The SMILES string of the molecule is NNC(Cc1sccc1Br)C1COc2ccccc2O1. The first-order valence-electron chi connectivity index (χ1n) is 6.34. The van der Waals surface area contributed by atoms with Crippen molar-refractivity contribution in [2.24, 2.45) is 5.84 Å². The molecule has 6 heteroatoms. The van der Waals surface area contributed by atoms with Gasteiger partial charge in [0.15, 0.2) is 11.5 Å². The van der Waals surface area contributed by atoms with Gasteiger partial charge in [-0.2, -0.15) is 0 Å². The van der Waals surface area contributed by atoms with Gasteiger partial charge in [0.1, 0.15) is 12.7 Å². The normalized spacial score (nSPS) is 18.8. The molecule has 1 aliphatic rings. The third-order valence-corrected chi connectivity index (χ3v) is 5.24. The standard InChI is InChI=1S/C14H15BrN2O2S/c15-9-5-6-20-14(9)7-10(17-16)13-8-18-11-3-1-2-4-12(11)19-13/h1-6,10,13,17H,7-8,16H2. The van der Waals surface area contributed by atoms with Crippen LogP contribution in [0.15, 0.2) is 40.2 Å². The second kappa shape index (κ2) is 6.13. The zero-order chi connectivity index (χ0) is 13.9. The molecule has 2 unspecified atom stereocenters. The number of hydrazine groups is 1. The van der Waals surface area contributed by atoms with E-state index in [2.05, 4.69) is 26.7 Å². The largest absolute Gasteiger partial charge is 0.486 e. The first kappa shape index (κ1) is 13.9. The summed E-state index contributed by atoms with van der Waals surface area (Å²) in [6.07, 6.45) is 0.689. The highest BCUT2D eigenvalue weighted by molar-refractivity contribution is 9.10. The van der Waals surface area contributed by atoms with E-state index in [0.29, 0.717) is 6.61 Å². The van der Waals surface area contributed by atoms with E-state index in [1.54, 1.807) is 11.3 Å². The first-order chi connectivity index (χ1) is 9.78. The minimum Gasteiger partial charge on any atom is -0.486 e. The zero-order valence-electron chi connectivity index (χ0n) is 10.7. The molecule has 0 aliphatic carbocycles. The third-order valence-electron chi connectivity index (χ3n) is 3.29. The van der Waals surface area contributed by atoms with Crippen molar-refractivity contribution >= 4 is 27.3 Å². The van der Waals surface area contributed by atoms with Crippen LogP contribution >= 0.6 is 27.3 Å². The van der Waals surface area contributed by atoms with Gasteiger partial charge in [-0.05, 0) is 39.5 Å². The van der Waals surface area contributed by atoms with Gasteiger partial charge >= 0.3 is 0 Å². The summed E-state index contributed by atoms with van der Waals surface area (Å²) in [6.45, 7) is 0.495. The highest BCUT2D eigenvalue weighted by atomic mass is 79.9. The Morgan fingerprint density at radius 3 is 2.85 bits per heavy atom. The van der Waals surface area contributed by atoms with Crippen molar-refractivity contribution in [1.82, 2.24) is 5.43 Å². The fourth-order valence-electron chi connectivity index (χ4n) is 2.20. The van der Waals surface area contributed by atoms with Gasteiger partial charge in [-0.3, -0.25) is 11.3 Å². The molecule has 0 saturated carbocycles. The maximum Gasteiger partial charge on any atom is 0.161 e. The second-order valence-electron chi connectivity index (χ2n) is 4.58. The Bertz CT molecular complexity index is 590. The van der Waals surface area contributed by atoms with Crippen LogP contribution in [0, 0.1) is 0 Å². The molecule has 1 aromatic carbocycles. The van der Waals surface area contributed by atoms with Crippen LogP contribution in [0.2, 0.25) is 0 Å². The van der Waals surface area contributed by atoms with Crippen LogP contribution in [0.1, 0.15) is 4.88 Å². The monoisotopic (exact) mass is 354 g/mol. The Labute approximate surface area is 130 Å². The van der Waals surface area contributed by atoms with E-state index >= 15 is 0 Å². The summed E-state index contributed by atoms with van der Waals surface area (Å²) in [7, 11) is 0. The average Bonchev–Trinajstić information content (AvgIpc) is 2.89. The number of halogens is 1. The molecule has 1 aliphatic heterocycles. The molecule has 0 saturated heterocycles. The van der Waals surface area contributed by atoms with Gasteiger partial charge < -0.3 is 9.47 Å². The maximum atomic E-state index is 6.00. The molecule has 2 heterocycles. The predicted molar refractivity (Wildman–Crippen MR) is 83.2 cm³/mol. The molecule has 1 aromatic heterocycles. The lowest BCUT2D eigenvalue weighted by molar-refractivity contribution is 0.0621. The maximum absolute atomic E-state index is 6.00. The van der Waals surface area contributed by atoms with Gasteiger partial charge in [-0.15, -0.1) is 11.3 Å². The number of hydrogen-bond donors (Lipinski definition) is 2. The molecule has 3 rings (SSSR count). The molecule has 4 nitrogen and oxygen atoms in total. The lowest BCUT2D eigenvalue weighted by atomic mass is 10.1. The summed E-state index contributed by atoms with van der Waals surface area (Å²) in [6, 6.07) is 9.73. The summed E-state index contributed by atoms with van der Waals surface area (Å²) in [4.78, 5) is 1.25. The van der Waals surface area contributed by atoms with Crippen molar-refractivity contribution in [2.45, 2.75) is 18.6 Å². The van der Waals surface area contributed by atoms with E-state index in [0.717, 1.165) is 22.4 Å². The fourth-order valence-corrected chi connectivity index (χ4v) is 3.78. The smallest absolute Gasteiger partial charge is 0.161 e. The topological polar surface area (TPSA) is 56.5 Å². The second-order valence-corrected chi connectivity index (χ2v) is 6.44. The number of nitrogens with two attached hydrogens (primary N) is 1. The van der Waals surface area contributed by atoms with E-state index in [1.165, 1.54) is 4.88 Å². The Morgan fingerprint density at radius 2 is 2.15 bits per heavy atom. The molecule has 2 aromatic rings. The van der Waals surface area contributed by atoms with Crippen LogP contribution in [0.25, 0.3) is 0 Å². The van der Waals surface area contributed by atoms with E-state index < -0.39 is 0 Å². The molecular formula is C14H15BrN2O2S. The summed E-state index contributed by atoms with van der Waals surface area (Å²) >= 11 is 5.25. The van der Waals surface area contributed by atoms with Crippen molar-refractivity contribution in [3.05, 3.63) is 45.1 Å². The Balaban J connectivity index is 1.73. The summed E-state index contributed by atoms with van der Waals surface area (Å²) in [5.41, 5.74) is 2.85. The van der Waals surface area contributed by atoms with Crippen molar-refractivity contribution in [2.75, 3.05) is 6.61 Å². The summed E-state index contributed by atoms with van der Waals surface area (Å²) in [5.74, 6) is 7.26. The number of para-hydroxylation sites is 2. The summed E-state index contributed by atoms with van der Waals surface area (Å²) < 4.78 is 12.8. The first-order valence-corrected chi connectivity index (χ1v) is 8.01. The van der Waals surface area contributed by atoms with Crippen molar-refractivity contribution in [3.63, 3.8) is 0 Å². The van der Waals surface area contributed by atoms with Crippen molar-refractivity contribution in [3.8, 4) is 11.5 Å². The minimum atomic E-state index is -0.108. The number of rotatable bonds is 4. The van der Waals surface area contributed by atoms with Crippen molar-refractivity contribution < 1.29 is 9.47 Å². The van der Waals surface area contributed by atoms with Gasteiger partial charge in [0.25, 0.3) is 0 Å². The van der Waals surface area contributed by atoms with Crippen molar-refractivity contribution in [1.29, 1.82) is 0 Å². The highest BCUT2D eigenvalue weighted by Crippen LogP contribution is 2.32. The van der Waals surface area contributed by atoms with Crippen LogP contribution in [0.5, 0.6) is 11.5 Å². The molecule has 0 bridgehead atoms. The number of ether oxygens (including phenoxy) is 2. The fraction of sp³-hybridized carbons (Fsp3) is 0.286. The molecule has 0 spiro atoms. The third kappa shape index (κ3) is 2.83. The van der Waals surface area contributed by atoms with Crippen LogP contribution in [-0.4, -0.2) is 18.8 Å². The number of thiophene rings is 1. The van der Waals surface area contributed by atoms with Crippen LogP contribution in [0.4, 0.5) is 0 Å². The zero-order valence-corrected chi connectivity index (χ0v) is 13.1. The summed E-state index contributed by atoms with van der Waals surface area (Å²) in [5, 5.41) is 2.06. The lowest BCUT2D eigenvalue weighted by Gasteiger charge is -2.31. The van der Waals surface area contributed by atoms with E-state index in [-0.39, 0.29) is 12.1 Å². The quantitative estimate of drug-likeness (QED) is 0.654. The van der Waals surface area contributed by atoms with E-state index in [9.17, 15) is 0 Å². The molecule has 0 radical (unpaired) electrons. The number of benzene rings is 1. The van der Waals surface area contributed by atoms with Gasteiger partial charge in [0.2, 0.25) is 0 Å². The predicted octanol–water partition coefficient (Wildman–Crippen LogP) is 2.73. The molecule has 20 heavy (non-hydrogen) atoms. The van der Waals surface area contributed by atoms with Crippen LogP contribution < -0.4 is 20.7 Å². The molecule has 0 fully saturated rings. The molecule has 2 atom stereocenters. The van der Waals surface area contributed by atoms with Gasteiger partial charge in [0, 0.05) is 15.8 Å². The average molecular weight is 355 g/mol. The lowest BCUT2D eigenvalue weighted by Crippen LogP contribution is -2.51. The molecule has 0 amide bonds. The van der Waals surface area contributed by atoms with Gasteiger partial charge in [-0.25, -0.2) is 0 Å².